The third-order valence-electron chi connectivity index (χ3n) is 5.30. The number of β-amino-alcohol motifs (C(OH)–C–C–N with tert-alkyl or cyclic N) is 1. The lowest BCUT2D eigenvalue weighted by molar-refractivity contribution is 0.0718. The van der Waals surface area contributed by atoms with Crippen molar-refractivity contribution in [2.24, 2.45) is 5.92 Å². The number of carbonyl (C=O) groups excluding carboxylic acids is 1. The Bertz CT molecular complexity index is 781. The van der Waals surface area contributed by atoms with Crippen LogP contribution in [0, 0.1) is 25.6 Å². The predicted molar refractivity (Wildman–Crippen MR) is 101 cm³/mol. The minimum absolute atomic E-state index is 0.0262. The van der Waals surface area contributed by atoms with Gasteiger partial charge in [-0.2, -0.15) is 0 Å². The molecule has 0 aliphatic carbocycles. The van der Waals surface area contributed by atoms with Gasteiger partial charge in [-0.05, 0) is 51.4 Å². The van der Waals surface area contributed by atoms with Crippen molar-refractivity contribution in [1.82, 2.24) is 4.90 Å². The number of hydrogen-bond acceptors (Lipinski definition) is 3. The van der Waals surface area contributed by atoms with Crippen LogP contribution in [0.4, 0.5) is 4.39 Å². The molecule has 2 aromatic rings. The summed E-state index contributed by atoms with van der Waals surface area (Å²) >= 11 is 0. The zero-order valence-electron chi connectivity index (χ0n) is 15.4. The standard InChI is InChI=1S/C22H26FNO2/c1-15-7-8-18(16(2)13-15)22(26)17-9-11-24(12-10-17)14-21(25)19-5-3-4-6-20(19)23/h3-8,13,17,21,25H,9-12,14H2,1-2H3. The largest absolute Gasteiger partial charge is 0.387 e. The fourth-order valence-corrected chi connectivity index (χ4v) is 3.78. The third kappa shape index (κ3) is 4.19. The van der Waals surface area contributed by atoms with E-state index >= 15 is 0 Å². The van der Waals surface area contributed by atoms with Crippen LogP contribution in [-0.4, -0.2) is 35.4 Å². The Balaban J connectivity index is 1.57. The van der Waals surface area contributed by atoms with E-state index in [1.807, 2.05) is 32.0 Å². The van der Waals surface area contributed by atoms with Gasteiger partial charge in [-0.3, -0.25) is 4.79 Å². The van der Waals surface area contributed by atoms with Crippen molar-refractivity contribution in [3.63, 3.8) is 0 Å². The number of aryl methyl sites for hydroxylation is 2. The van der Waals surface area contributed by atoms with Crippen molar-refractivity contribution >= 4 is 5.78 Å². The summed E-state index contributed by atoms with van der Waals surface area (Å²) in [6.45, 7) is 5.89. The zero-order valence-corrected chi connectivity index (χ0v) is 15.4. The predicted octanol–water partition coefficient (Wildman–Crippen LogP) is 4.07. The summed E-state index contributed by atoms with van der Waals surface area (Å²) in [5, 5.41) is 10.3. The van der Waals surface area contributed by atoms with Crippen molar-refractivity contribution in [3.8, 4) is 0 Å². The zero-order chi connectivity index (χ0) is 18.7. The fourth-order valence-electron chi connectivity index (χ4n) is 3.78. The molecule has 0 radical (unpaired) electrons. The summed E-state index contributed by atoms with van der Waals surface area (Å²) in [5.41, 5.74) is 3.35. The van der Waals surface area contributed by atoms with Gasteiger partial charge < -0.3 is 10.0 Å². The van der Waals surface area contributed by atoms with Gasteiger partial charge in [0.1, 0.15) is 5.82 Å². The van der Waals surface area contributed by atoms with Crippen molar-refractivity contribution in [2.75, 3.05) is 19.6 Å². The number of rotatable bonds is 5. The van der Waals surface area contributed by atoms with Crippen LogP contribution in [0.1, 0.15) is 46.0 Å². The van der Waals surface area contributed by atoms with Crippen LogP contribution in [0.2, 0.25) is 0 Å². The van der Waals surface area contributed by atoms with E-state index in [9.17, 15) is 14.3 Å². The summed E-state index contributed by atoms with van der Waals surface area (Å²) in [4.78, 5) is 14.9. The van der Waals surface area contributed by atoms with Gasteiger partial charge in [0, 0.05) is 23.6 Å². The minimum Gasteiger partial charge on any atom is -0.387 e. The molecule has 1 atom stereocenters. The number of carbonyl (C=O) groups is 1. The highest BCUT2D eigenvalue weighted by atomic mass is 19.1. The van der Waals surface area contributed by atoms with E-state index in [-0.39, 0.29) is 17.5 Å². The van der Waals surface area contributed by atoms with E-state index < -0.39 is 6.10 Å². The average molecular weight is 355 g/mol. The van der Waals surface area contributed by atoms with Crippen LogP contribution in [0.3, 0.4) is 0 Å². The van der Waals surface area contributed by atoms with Gasteiger partial charge in [0.25, 0.3) is 0 Å². The molecule has 26 heavy (non-hydrogen) atoms. The number of piperidine rings is 1. The number of Topliss-reactive ketones (excluding diaryl/α,β-unsaturated/α-hetero) is 1. The SMILES string of the molecule is Cc1ccc(C(=O)C2CCN(CC(O)c3ccccc3F)CC2)c(C)c1. The number of hydrogen-bond donors (Lipinski definition) is 1. The van der Waals surface area contributed by atoms with Crippen LogP contribution < -0.4 is 0 Å². The molecule has 1 aliphatic heterocycles. The number of likely N-dealkylation sites (tertiary alicyclic amines) is 1. The second kappa shape index (κ2) is 8.11. The lowest BCUT2D eigenvalue weighted by Gasteiger charge is -2.32. The third-order valence-corrected chi connectivity index (χ3v) is 5.30. The van der Waals surface area contributed by atoms with Crippen molar-refractivity contribution in [1.29, 1.82) is 0 Å². The molecular formula is C22H26FNO2. The van der Waals surface area contributed by atoms with Crippen LogP contribution in [-0.2, 0) is 0 Å². The number of aliphatic hydroxyl groups is 1. The lowest BCUT2D eigenvalue weighted by atomic mass is 9.87. The molecule has 0 amide bonds. The first-order chi connectivity index (χ1) is 12.5. The molecule has 0 saturated carbocycles. The van der Waals surface area contributed by atoms with Gasteiger partial charge in [-0.1, -0.05) is 42.0 Å². The minimum atomic E-state index is -0.845. The monoisotopic (exact) mass is 355 g/mol. The number of ketones is 1. The van der Waals surface area contributed by atoms with Crippen molar-refractivity contribution < 1.29 is 14.3 Å². The highest BCUT2D eigenvalue weighted by Crippen LogP contribution is 2.26. The van der Waals surface area contributed by atoms with Gasteiger partial charge in [0.05, 0.1) is 6.10 Å². The Morgan fingerprint density at radius 1 is 1.19 bits per heavy atom. The lowest BCUT2D eigenvalue weighted by Crippen LogP contribution is -2.38. The maximum absolute atomic E-state index is 13.8. The molecule has 3 nitrogen and oxygen atoms in total. The Labute approximate surface area is 154 Å². The fraction of sp³-hybridized carbons (Fsp3) is 0.409. The Kier molecular flexibility index (Phi) is 5.84. The highest BCUT2D eigenvalue weighted by Gasteiger charge is 2.28. The summed E-state index contributed by atoms with van der Waals surface area (Å²) in [6.07, 6.45) is 0.703. The van der Waals surface area contributed by atoms with Crippen LogP contribution in [0.5, 0.6) is 0 Å². The number of halogens is 1. The molecule has 1 N–H and O–H groups in total. The normalized spacial score (nSPS) is 17.2. The first kappa shape index (κ1) is 18.7. The van der Waals surface area contributed by atoms with Gasteiger partial charge in [0.2, 0.25) is 0 Å². The van der Waals surface area contributed by atoms with Crippen LogP contribution in [0.25, 0.3) is 0 Å². The summed E-state index contributed by atoms with van der Waals surface area (Å²) in [5.74, 6) is -0.130. The molecular weight excluding hydrogens is 329 g/mol. The topological polar surface area (TPSA) is 40.5 Å². The Hall–Kier alpha value is -2.04. The molecule has 1 heterocycles. The van der Waals surface area contributed by atoms with Gasteiger partial charge in [-0.15, -0.1) is 0 Å². The van der Waals surface area contributed by atoms with E-state index in [2.05, 4.69) is 4.90 Å². The molecule has 1 aliphatic rings. The second-order valence-electron chi connectivity index (χ2n) is 7.29. The van der Waals surface area contributed by atoms with Crippen molar-refractivity contribution in [2.45, 2.75) is 32.8 Å². The van der Waals surface area contributed by atoms with Crippen LogP contribution >= 0.6 is 0 Å². The summed E-state index contributed by atoms with van der Waals surface area (Å²) < 4.78 is 13.8. The van der Waals surface area contributed by atoms with E-state index in [0.717, 1.165) is 42.6 Å². The maximum Gasteiger partial charge on any atom is 0.166 e. The molecule has 2 aromatic carbocycles. The maximum atomic E-state index is 13.8. The summed E-state index contributed by atoms with van der Waals surface area (Å²) in [7, 11) is 0. The van der Waals surface area contributed by atoms with Gasteiger partial charge in [-0.25, -0.2) is 4.39 Å². The van der Waals surface area contributed by atoms with E-state index in [4.69, 9.17) is 0 Å². The average Bonchev–Trinajstić information content (AvgIpc) is 2.62. The molecule has 1 fully saturated rings. The molecule has 0 spiro atoms. The quantitative estimate of drug-likeness (QED) is 0.822. The van der Waals surface area contributed by atoms with Crippen molar-refractivity contribution in [3.05, 3.63) is 70.5 Å². The first-order valence-corrected chi connectivity index (χ1v) is 9.22. The van der Waals surface area contributed by atoms with E-state index in [0.29, 0.717) is 12.1 Å². The smallest absolute Gasteiger partial charge is 0.166 e. The molecule has 138 valence electrons. The summed E-state index contributed by atoms with van der Waals surface area (Å²) in [6, 6.07) is 12.3. The molecule has 3 rings (SSSR count). The second-order valence-corrected chi connectivity index (χ2v) is 7.29. The molecule has 0 bridgehead atoms. The van der Waals surface area contributed by atoms with Crippen LogP contribution in [0.15, 0.2) is 42.5 Å². The number of nitrogens with zero attached hydrogens (tertiary/aromatic N) is 1. The Morgan fingerprint density at radius 3 is 2.54 bits per heavy atom. The van der Waals surface area contributed by atoms with E-state index in [1.165, 1.54) is 6.07 Å². The van der Waals surface area contributed by atoms with Gasteiger partial charge in [0.15, 0.2) is 5.78 Å². The molecule has 1 unspecified atom stereocenters. The number of aliphatic hydroxyl groups excluding tert-OH is 1. The molecule has 4 heteroatoms. The van der Waals surface area contributed by atoms with Gasteiger partial charge >= 0.3 is 0 Å². The highest BCUT2D eigenvalue weighted by molar-refractivity contribution is 5.99. The number of benzene rings is 2. The molecule has 1 saturated heterocycles. The first-order valence-electron chi connectivity index (χ1n) is 9.22. The molecule has 0 aromatic heterocycles. The van der Waals surface area contributed by atoms with E-state index in [1.54, 1.807) is 18.2 Å². The Morgan fingerprint density at radius 2 is 1.88 bits per heavy atom.